The number of carbonyl (C=O) groups excluding carboxylic acids is 1. The normalized spacial score (nSPS) is 18.6. The number of carbonyl (C=O) groups is 1. The van der Waals surface area contributed by atoms with Crippen LogP contribution in [0.1, 0.15) is 15.2 Å². The molecule has 1 aliphatic rings. The predicted molar refractivity (Wildman–Crippen MR) is 91.2 cm³/mol. The summed E-state index contributed by atoms with van der Waals surface area (Å²) in [6.45, 7) is 0. The summed E-state index contributed by atoms with van der Waals surface area (Å²) >= 11 is 0.396. The number of aromatic hydroxyl groups is 1. The quantitative estimate of drug-likeness (QED) is 0.701. The highest BCUT2D eigenvalue weighted by atomic mass is 32.2. The van der Waals surface area contributed by atoms with Crippen molar-refractivity contribution in [2.45, 2.75) is 12.2 Å². The molecule has 3 rings (SSSR count). The number of halogens is 3. The van der Waals surface area contributed by atoms with Crippen molar-refractivity contribution >= 4 is 27.1 Å². The zero-order chi connectivity index (χ0) is 20.0. The van der Waals surface area contributed by atoms with E-state index in [1.165, 1.54) is 6.08 Å². The second kappa shape index (κ2) is 6.53. The molecule has 7 nitrogen and oxygen atoms in total. The average Bonchev–Trinajstić information content (AvgIpc) is 3.15. The molecular weight excluding hydrogens is 409 g/mol. The molecule has 0 aliphatic carbocycles. The zero-order valence-corrected chi connectivity index (χ0v) is 14.8. The third kappa shape index (κ3) is 4.06. The van der Waals surface area contributed by atoms with Crippen molar-refractivity contribution in [3.63, 3.8) is 0 Å². The van der Waals surface area contributed by atoms with Gasteiger partial charge in [0.1, 0.15) is 16.2 Å². The third-order valence-electron chi connectivity index (χ3n) is 3.68. The number of hydrogen-bond acceptors (Lipinski definition) is 6. The molecule has 0 radical (unpaired) electrons. The predicted octanol–water partition coefficient (Wildman–Crippen LogP) is 1.87. The molecule has 0 aromatic carbocycles. The van der Waals surface area contributed by atoms with Crippen molar-refractivity contribution < 1.29 is 31.5 Å². The number of aromatic nitrogens is 1. The molecule has 0 fully saturated rings. The number of thiophene rings is 1. The molecule has 0 saturated carbocycles. The first-order valence-corrected chi connectivity index (χ1v) is 9.90. The summed E-state index contributed by atoms with van der Waals surface area (Å²) < 4.78 is 60.7. The van der Waals surface area contributed by atoms with Crippen molar-refractivity contribution in [3.05, 3.63) is 49.8 Å². The van der Waals surface area contributed by atoms with Gasteiger partial charge in [-0.1, -0.05) is 0 Å². The van der Waals surface area contributed by atoms with Crippen molar-refractivity contribution in [3.8, 4) is 17.0 Å². The second-order valence-electron chi connectivity index (χ2n) is 5.71. The van der Waals surface area contributed by atoms with Crippen molar-refractivity contribution in [1.82, 2.24) is 10.3 Å². The van der Waals surface area contributed by atoms with Gasteiger partial charge >= 0.3 is 6.18 Å². The maximum atomic E-state index is 12.7. The molecule has 0 unspecified atom stereocenters. The number of nitrogens with one attached hydrogen (secondary N) is 2. The van der Waals surface area contributed by atoms with Gasteiger partial charge in [0.05, 0.1) is 17.5 Å². The monoisotopic (exact) mass is 420 g/mol. The van der Waals surface area contributed by atoms with E-state index in [1.807, 2.05) is 0 Å². The Hall–Kier alpha value is -2.60. The van der Waals surface area contributed by atoms with Crippen molar-refractivity contribution in [2.24, 2.45) is 0 Å². The summed E-state index contributed by atoms with van der Waals surface area (Å²) in [5, 5.41) is 14.4. The lowest BCUT2D eigenvalue weighted by Crippen LogP contribution is -2.38. The lowest BCUT2D eigenvalue weighted by Gasteiger charge is -2.10. The molecule has 0 spiro atoms. The number of hydrogen-bond donors (Lipinski definition) is 3. The Labute approximate surface area is 154 Å². The smallest absolute Gasteiger partial charge is 0.425 e. The molecule has 3 heterocycles. The van der Waals surface area contributed by atoms with Crippen LogP contribution >= 0.6 is 11.3 Å². The molecule has 1 aliphatic heterocycles. The van der Waals surface area contributed by atoms with Crippen LogP contribution in [-0.4, -0.2) is 36.2 Å². The number of pyridine rings is 1. The van der Waals surface area contributed by atoms with E-state index < -0.39 is 49.7 Å². The van der Waals surface area contributed by atoms with E-state index in [0.717, 1.165) is 22.9 Å². The molecule has 27 heavy (non-hydrogen) atoms. The molecule has 1 amide bonds. The largest absolute Gasteiger partial charge is 0.506 e. The Kier molecular flexibility index (Phi) is 4.64. The van der Waals surface area contributed by atoms with Crippen molar-refractivity contribution in [2.75, 3.05) is 5.75 Å². The lowest BCUT2D eigenvalue weighted by atomic mass is 10.1. The number of sulfone groups is 1. The Balaban J connectivity index is 1.87. The van der Waals surface area contributed by atoms with Crippen LogP contribution in [0.15, 0.2) is 33.8 Å². The van der Waals surface area contributed by atoms with E-state index in [4.69, 9.17) is 0 Å². The molecule has 3 N–H and O–H groups in total. The van der Waals surface area contributed by atoms with E-state index in [-0.39, 0.29) is 17.0 Å². The maximum absolute atomic E-state index is 12.7. The van der Waals surface area contributed by atoms with E-state index in [1.54, 1.807) is 0 Å². The summed E-state index contributed by atoms with van der Waals surface area (Å²) in [5.41, 5.74) is -1.75. The second-order valence-corrected chi connectivity index (χ2v) is 8.55. The van der Waals surface area contributed by atoms with Gasteiger partial charge in [0.2, 0.25) is 0 Å². The first-order valence-electron chi connectivity index (χ1n) is 7.30. The summed E-state index contributed by atoms with van der Waals surface area (Å²) in [4.78, 5) is 25.6. The molecular formula is C15H11F3N2O5S2. The van der Waals surface area contributed by atoms with Crippen LogP contribution in [0.2, 0.25) is 0 Å². The average molecular weight is 420 g/mol. The van der Waals surface area contributed by atoms with Gasteiger partial charge in [0, 0.05) is 22.4 Å². The van der Waals surface area contributed by atoms with Crippen LogP contribution < -0.4 is 10.9 Å². The van der Waals surface area contributed by atoms with Crippen LogP contribution in [0.5, 0.6) is 5.75 Å². The third-order valence-corrected chi connectivity index (χ3v) is 6.05. The van der Waals surface area contributed by atoms with E-state index in [9.17, 15) is 36.3 Å². The maximum Gasteiger partial charge on any atom is 0.425 e. The van der Waals surface area contributed by atoms with Crippen LogP contribution in [-0.2, 0) is 16.0 Å². The first-order chi connectivity index (χ1) is 12.5. The van der Waals surface area contributed by atoms with Gasteiger partial charge in [-0.3, -0.25) is 9.59 Å². The number of amides is 1. The number of rotatable bonds is 3. The van der Waals surface area contributed by atoms with Crippen LogP contribution in [0.3, 0.4) is 0 Å². The zero-order valence-electron chi connectivity index (χ0n) is 13.2. The Morgan fingerprint density at radius 3 is 2.59 bits per heavy atom. The van der Waals surface area contributed by atoms with E-state index in [0.29, 0.717) is 11.3 Å². The van der Waals surface area contributed by atoms with Gasteiger partial charge in [-0.05, 0) is 12.1 Å². The van der Waals surface area contributed by atoms with Gasteiger partial charge in [-0.15, -0.1) is 11.3 Å². The summed E-state index contributed by atoms with van der Waals surface area (Å²) in [6, 6.07) is 0.764. The highest BCUT2D eigenvalue weighted by Crippen LogP contribution is 2.38. The minimum absolute atomic E-state index is 0.0568. The van der Waals surface area contributed by atoms with E-state index in [2.05, 4.69) is 10.3 Å². The molecule has 2 aromatic heterocycles. The van der Waals surface area contributed by atoms with Crippen molar-refractivity contribution in [1.29, 1.82) is 0 Å². The van der Waals surface area contributed by atoms with Gasteiger partial charge in [0.15, 0.2) is 9.84 Å². The van der Waals surface area contributed by atoms with Gasteiger partial charge < -0.3 is 15.4 Å². The summed E-state index contributed by atoms with van der Waals surface area (Å²) in [7, 11) is -3.42. The molecule has 12 heteroatoms. The standard InChI is InChI=1S/C15H11F3N2O5S2/c16-15(17,18)11-3-7(5-26-11)12-10(21)4-9(14(23)20-12)13(22)19-8-1-2-27(24,25)6-8/h1-5,8,21H,6H2,(H,19,22)(H,20,23)/t8-/m1/s1. The SMILES string of the molecule is O=C(N[C@@H]1C=CS(=O)(=O)C1)c1cc(O)c(-c2csc(C(F)(F)F)c2)[nH]c1=O. The molecule has 0 bridgehead atoms. The van der Waals surface area contributed by atoms with Gasteiger partial charge in [-0.25, -0.2) is 8.42 Å². The highest BCUT2D eigenvalue weighted by Gasteiger charge is 2.33. The minimum atomic E-state index is -4.56. The van der Waals surface area contributed by atoms with Crippen LogP contribution in [0.4, 0.5) is 13.2 Å². The fraction of sp³-hybridized carbons (Fsp3) is 0.200. The lowest BCUT2D eigenvalue weighted by molar-refractivity contribution is -0.134. The van der Waals surface area contributed by atoms with Crippen LogP contribution in [0, 0.1) is 0 Å². The number of alkyl halides is 3. The Morgan fingerprint density at radius 2 is 2.04 bits per heavy atom. The molecule has 144 valence electrons. The van der Waals surface area contributed by atoms with E-state index >= 15 is 0 Å². The van der Waals surface area contributed by atoms with Gasteiger partial charge in [0.25, 0.3) is 11.5 Å². The summed E-state index contributed by atoms with van der Waals surface area (Å²) in [6.07, 6.45) is -3.31. The van der Waals surface area contributed by atoms with Crippen LogP contribution in [0.25, 0.3) is 11.3 Å². The minimum Gasteiger partial charge on any atom is -0.506 e. The van der Waals surface area contributed by atoms with Gasteiger partial charge in [-0.2, -0.15) is 13.2 Å². The molecule has 1 atom stereocenters. The molecule has 0 saturated heterocycles. The number of H-pyrrole nitrogens is 1. The Morgan fingerprint density at radius 1 is 1.33 bits per heavy atom. The Bertz CT molecular complexity index is 1100. The summed E-state index contributed by atoms with van der Waals surface area (Å²) in [5.74, 6) is -1.87. The first kappa shape index (κ1) is 19.2. The fourth-order valence-electron chi connectivity index (χ4n) is 2.44. The number of aromatic amines is 1. The molecule has 2 aromatic rings. The fourth-order valence-corrected chi connectivity index (χ4v) is 4.44. The highest BCUT2D eigenvalue weighted by molar-refractivity contribution is 7.94. The topological polar surface area (TPSA) is 116 Å².